The van der Waals surface area contributed by atoms with E-state index in [1.54, 1.807) is 53.7 Å². The van der Waals surface area contributed by atoms with E-state index < -0.39 is 6.36 Å². The Morgan fingerprint density at radius 1 is 1.03 bits per heavy atom. The second kappa shape index (κ2) is 10.9. The summed E-state index contributed by atoms with van der Waals surface area (Å²) >= 11 is 0. The van der Waals surface area contributed by atoms with Crippen LogP contribution in [0.4, 0.5) is 24.7 Å². The molecule has 1 aliphatic heterocycles. The van der Waals surface area contributed by atoms with E-state index in [-0.39, 0.29) is 18.3 Å². The van der Waals surface area contributed by atoms with Gasteiger partial charge in [-0.15, -0.1) is 13.2 Å². The van der Waals surface area contributed by atoms with Crippen LogP contribution in [0, 0.1) is 0 Å². The molecule has 0 saturated carbocycles. The van der Waals surface area contributed by atoms with E-state index in [0.717, 1.165) is 0 Å². The van der Waals surface area contributed by atoms with Gasteiger partial charge < -0.3 is 24.4 Å². The van der Waals surface area contributed by atoms with Crippen molar-refractivity contribution in [2.45, 2.75) is 6.36 Å². The van der Waals surface area contributed by atoms with Crippen molar-refractivity contribution >= 4 is 28.3 Å². The van der Waals surface area contributed by atoms with Crippen molar-refractivity contribution in [3.8, 4) is 22.9 Å². The number of hydrogen-bond acceptors (Lipinski definition) is 8. The van der Waals surface area contributed by atoms with Crippen LogP contribution in [0.1, 0.15) is 0 Å². The number of fused-ring (bicyclic) bond motifs is 1. The lowest BCUT2D eigenvalue weighted by molar-refractivity contribution is -0.274. The van der Waals surface area contributed by atoms with Gasteiger partial charge in [0.1, 0.15) is 17.3 Å². The third-order valence-corrected chi connectivity index (χ3v) is 5.64. The Balaban J connectivity index is 1.46. The lowest BCUT2D eigenvalue weighted by Gasteiger charge is -2.26. The fraction of sp³-hybridized carbons (Fsp3) is 0.231. The number of amides is 1. The SMILES string of the molecule is O=C(COc1ccc2nc(-c3cccnc3)nc(Nc3cccc(OC(F)(F)F)c3)c2c1)N1CCOCC1. The zero-order valence-corrected chi connectivity index (χ0v) is 19.9. The molecule has 2 aromatic heterocycles. The van der Waals surface area contributed by atoms with Gasteiger partial charge in [-0.05, 0) is 42.5 Å². The standard InChI is InChI=1S/C26H22F3N5O4/c27-26(28,29)38-20-5-1-4-18(13-20)31-25-21-14-19(37-16-23(35)34-9-11-36-12-10-34)6-7-22(21)32-24(33-25)17-3-2-8-30-15-17/h1-8,13-15H,9-12,16H2,(H,31,32,33). The van der Waals surface area contributed by atoms with E-state index in [1.807, 2.05) is 0 Å². The first-order chi connectivity index (χ1) is 18.3. The van der Waals surface area contributed by atoms with Crippen molar-refractivity contribution in [1.29, 1.82) is 0 Å². The third kappa shape index (κ3) is 6.27. The minimum absolute atomic E-state index is 0.153. The molecule has 1 aliphatic rings. The number of pyridine rings is 1. The number of morpholine rings is 1. The molecule has 2 aromatic carbocycles. The van der Waals surface area contributed by atoms with E-state index in [1.165, 1.54) is 18.2 Å². The van der Waals surface area contributed by atoms with Gasteiger partial charge in [0, 0.05) is 48.2 Å². The zero-order valence-electron chi connectivity index (χ0n) is 19.9. The number of benzene rings is 2. The first-order valence-corrected chi connectivity index (χ1v) is 11.7. The van der Waals surface area contributed by atoms with Crippen LogP contribution in [-0.2, 0) is 9.53 Å². The van der Waals surface area contributed by atoms with Crippen molar-refractivity contribution in [1.82, 2.24) is 19.9 Å². The van der Waals surface area contributed by atoms with E-state index in [4.69, 9.17) is 9.47 Å². The number of rotatable bonds is 7. The molecule has 9 nitrogen and oxygen atoms in total. The summed E-state index contributed by atoms with van der Waals surface area (Å²) in [6, 6.07) is 14.1. The van der Waals surface area contributed by atoms with Crippen LogP contribution in [0.2, 0.25) is 0 Å². The highest BCUT2D eigenvalue weighted by Crippen LogP contribution is 2.32. The number of alkyl halides is 3. The Bertz CT molecular complexity index is 1430. The van der Waals surface area contributed by atoms with Crippen LogP contribution in [0.3, 0.4) is 0 Å². The first kappa shape index (κ1) is 25.2. The van der Waals surface area contributed by atoms with Crippen LogP contribution >= 0.6 is 0 Å². The van der Waals surface area contributed by atoms with Gasteiger partial charge in [-0.1, -0.05) is 6.07 Å². The Labute approximate surface area is 215 Å². The monoisotopic (exact) mass is 525 g/mol. The van der Waals surface area contributed by atoms with Crippen LogP contribution in [0.25, 0.3) is 22.3 Å². The molecule has 12 heteroatoms. The first-order valence-electron chi connectivity index (χ1n) is 11.7. The van der Waals surface area contributed by atoms with Gasteiger partial charge in [-0.2, -0.15) is 0 Å². The highest BCUT2D eigenvalue weighted by atomic mass is 19.4. The molecule has 4 aromatic rings. The van der Waals surface area contributed by atoms with Gasteiger partial charge in [-0.25, -0.2) is 9.97 Å². The second-order valence-corrected chi connectivity index (χ2v) is 8.30. The summed E-state index contributed by atoms with van der Waals surface area (Å²) in [5.41, 5.74) is 1.52. The average Bonchev–Trinajstić information content (AvgIpc) is 2.92. The van der Waals surface area contributed by atoms with Gasteiger partial charge in [0.05, 0.1) is 18.7 Å². The average molecular weight is 525 g/mol. The van der Waals surface area contributed by atoms with Gasteiger partial charge >= 0.3 is 6.36 Å². The number of anilines is 2. The summed E-state index contributed by atoms with van der Waals surface area (Å²) in [7, 11) is 0. The van der Waals surface area contributed by atoms with E-state index >= 15 is 0 Å². The van der Waals surface area contributed by atoms with Gasteiger partial charge in [0.15, 0.2) is 12.4 Å². The molecule has 38 heavy (non-hydrogen) atoms. The summed E-state index contributed by atoms with van der Waals surface area (Å²) in [6.07, 6.45) is -1.59. The Kier molecular flexibility index (Phi) is 7.22. The number of nitrogens with one attached hydrogen (secondary N) is 1. The van der Waals surface area contributed by atoms with Gasteiger partial charge in [0.2, 0.25) is 0 Å². The molecule has 0 radical (unpaired) electrons. The van der Waals surface area contributed by atoms with Crippen molar-refractivity contribution < 1.29 is 32.2 Å². The smallest absolute Gasteiger partial charge is 0.484 e. The number of carbonyl (C=O) groups is 1. The maximum absolute atomic E-state index is 12.7. The van der Waals surface area contributed by atoms with Crippen molar-refractivity contribution in [3.05, 3.63) is 67.0 Å². The summed E-state index contributed by atoms with van der Waals surface area (Å²) < 4.78 is 53.2. The number of nitrogens with zero attached hydrogens (tertiary/aromatic N) is 4. The molecular weight excluding hydrogens is 503 g/mol. The Morgan fingerprint density at radius 3 is 2.63 bits per heavy atom. The molecule has 1 saturated heterocycles. The fourth-order valence-electron chi connectivity index (χ4n) is 3.87. The minimum Gasteiger partial charge on any atom is -0.484 e. The molecule has 0 atom stereocenters. The fourth-order valence-corrected chi connectivity index (χ4v) is 3.87. The molecule has 0 unspecified atom stereocenters. The molecule has 0 aliphatic carbocycles. The van der Waals surface area contributed by atoms with Crippen LogP contribution < -0.4 is 14.8 Å². The highest BCUT2D eigenvalue weighted by Gasteiger charge is 2.31. The van der Waals surface area contributed by atoms with Crippen molar-refractivity contribution in [2.75, 3.05) is 38.2 Å². The summed E-state index contributed by atoms with van der Waals surface area (Å²) in [4.78, 5) is 27.5. The van der Waals surface area contributed by atoms with E-state index in [2.05, 4.69) is 25.0 Å². The predicted octanol–water partition coefficient (Wildman–Crippen LogP) is 4.57. The molecule has 0 bridgehead atoms. The van der Waals surface area contributed by atoms with Gasteiger partial charge in [0.25, 0.3) is 5.91 Å². The number of carbonyl (C=O) groups excluding carboxylic acids is 1. The van der Waals surface area contributed by atoms with Crippen molar-refractivity contribution in [3.63, 3.8) is 0 Å². The molecule has 5 rings (SSSR count). The van der Waals surface area contributed by atoms with Crippen LogP contribution in [0.5, 0.6) is 11.5 Å². The maximum atomic E-state index is 12.7. The Hall–Kier alpha value is -4.45. The lowest BCUT2D eigenvalue weighted by atomic mass is 10.2. The summed E-state index contributed by atoms with van der Waals surface area (Å²) in [5, 5.41) is 3.60. The normalized spacial score (nSPS) is 13.8. The van der Waals surface area contributed by atoms with Crippen molar-refractivity contribution in [2.24, 2.45) is 0 Å². The highest BCUT2D eigenvalue weighted by molar-refractivity contribution is 5.93. The number of ether oxygens (including phenoxy) is 3. The number of hydrogen-bond donors (Lipinski definition) is 1. The minimum atomic E-state index is -4.82. The molecular formula is C26H22F3N5O4. The largest absolute Gasteiger partial charge is 0.573 e. The summed E-state index contributed by atoms with van der Waals surface area (Å²) in [6.45, 7) is 1.84. The molecule has 1 N–H and O–H groups in total. The summed E-state index contributed by atoms with van der Waals surface area (Å²) in [5.74, 6) is 0.569. The third-order valence-electron chi connectivity index (χ3n) is 5.64. The molecule has 0 spiro atoms. The zero-order chi connectivity index (χ0) is 26.5. The quantitative estimate of drug-likeness (QED) is 0.375. The molecule has 1 amide bonds. The van der Waals surface area contributed by atoms with E-state index in [0.29, 0.717) is 65.8 Å². The predicted molar refractivity (Wildman–Crippen MR) is 132 cm³/mol. The topological polar surface area (TPSA) is 98.7 Å². The number of halogens is 3. The number of aromatic nitrogens is 3. The van der Waals surface area contributed by atoms with Gasteiger partial charge in [-0.3, -0.25) is 9.78 Å². The van der Waals surface area contributed by atoms with Crippen LogP contribution in [0.15, 0.2) is 67.0 Å². The lowest BCUT2D eigenvalue weighted by Crippen LogP contribution is -2.42. The maximum Gasteiger partial charge on any atom is 0.573 e. The Morgan fingerprint density at radius 2 is 1.87 bits per heavy atom. The molecule has 196 valence electrons. The molecule has 1 fully saturated rings. The second-order valence-electron chi connectivity index (χ2n) is 8.30. The van der Waals surface area contributed by atoms with E-state index in [9.17, 15) is 18.0 Å². The molecule has 3 heterocycles. The van der Waals surface area contributed by atoms with Crippen LogP contribution in [-0.4, -0.2) is 65.0 Å².